The predicted octanol–water partition coefficient (Wildman–Crippen LogP) is 5.87. The monoisotopic (exact) mass is 558 g/mol. The Hall–Kier alpha value is -4.81. The Labute approximate surface area is 241 Å². The highest BCUT2D eigenvalue weighted by Crippen LogP contribution is 2.47. The molecule has 0 aromatic heterocycles. The van der Waals surface area contributed by atoms with Crippen LogP contribution in [0.5, 0.6) is 0 Å². The minimum atomic E-state index is -0.922. The molecule has 41 heavy (non-hydrogen) atoms. The molecule has 200 valence electrons. The van der Waals surface area contributed by atoms with Crippen LogP contribution >= 0.6 is 11.6 Å². The van der Waals surface area contributed by atoms with Crippen molar-refractivity contribution < 1.29 is 19.2 Å². The molecule has 4 atom stereocenters. The van der Waals surface area contributed by atoms with Gasteiger partial charge in [0.15, 0.2) is 11.6 Å². The summed E-state index contributed by atoms with van der Waals surface area (Å²) < 4.78 is 0. The topological polar surface area (TPSA) is 74.8 Å². The van der Waals surface area contributed by atoms with Gasteiger partial charge in [-0.05, 0) is 53.2 Å². The van der Waals surface area contributed by atoms with Crippen LogP contribution < -0.4 is 4.90 Å². The Morgan fingerprint density at radius 3 is 2.15 bits per heavy atom. The highest BCUT2D eigenvalue weighted by Gasteiger charge is 2.63. The maximum Gasteiger partial charge on any atom is 0.240 e. The molecule has 0 bridgehead atoms. The van der Waals surface area contributed by atoms with E-state index in [9.17, 15) is 19.2 Å². The number of halogens is 1. The van der Waals surface area contributed by atoms with Crippen molar-refractivity contribution in [3.63, 3.8) is 0 Å². The van der Waals surface area contributed by atoms with Gasteiger partial charge in [0.25, 0.3) is 0 Å². The number of carbonyl (C=O) groups is 4. The fourth-order valence-corrected chi connectivity index (χ4v) is 6.44. The van der Waals surface area contributed by atoms with Gasteiger partial charge in [-0.15, -0.1) is 0 Å². The summed E-state index contributed by atoms with van der Waals surface area (Å²) in [6.45, 7) is 0. The number of rotatable bonds is 5. The molecule has 4 aromatic carbocycles. The largest absolute Gasteiger partial charge is 0.359 e. The summed E-state index contributed by atoms with van der Waals surface area (Å²) in [6.07, 6.45) is 5.07. The van der Waals surface area contributed by atoms with E-state index in [1.54, 1.807) is 77.8 Å². The number of fused-ring (bicyclic) bond motifs is 4. The average Bonchev–Trinajstić information content (AvgIpc) is 3.48. The first kappa shape index (κ1) is 25.2. The molecule has 2 fully saturated rings. The quantitative estimate of drug-likeness (QED) is 0.226. The molecule has 0 unspecified atom stereocenters. The van der Waals surface area contributed by atoms with E-state index < -0.39 is 29.8 Å². The van der Waals surface area contributed by atoms with E-state index >= 15 is 0 Å². The van der Waals surface area contributed by atoms with Crippen LogP contribution in [0.3, 0.4) is 0 Å². The first-order valence-electron chi connectivity index (χ1n) is 13.4. The summed E-state index contributed by atoms with van der Waals surface area (Å²) in [5.41, 5.74) is 1.80. The molecule has 2 amide bonds. The van der Waals surface area contributed by atoms with Crippen molar-refractivity contribution in [1.29, 1.82) is 0 Å². The van der Waals surface area contributed by atoms with Gasteiger partial charge in [0.2, 0.25) is 11.8 Å². The number of allylic oxidation sites excluding steroid dienone is 2. The molecular formula is C34H23ClN2O4. The van der Waals surface area contributed by atoms with Gasteiger partial charge < -0.3 is 4.90 Å². The second-order valence-corrected chi connectivity index (χ2v) is 10.9. The van der Waals surface area contributed by atoms with Gasteiger partial charge >= 0.3 is 0 Å². The minimum absolute atomic E-state index is 0.186. The second-order valence-electron chi connectivity index (χ2n) is 10.5. The number of amides is 2. The Morgan fingerprint density at radius 2 is 1.39 bits per heavy atom. The molecule has 0 spiro atoms. The molecule has 0 saturated carbocycles. The first-order chi connectivity index (χ1) is 19.9. The van der Waals surface area contributed by atoms with Crippen LogP contribution in [0.4, 0.5) is 5.69 Å². The van der Waals surface area contributed by atoms with Crippen LogP contribution in [-0.2, 0) is 9.59 Å². The fraction of sp³-hybridized carbons (Fsp3) is 0.118. The molecule has 7 heteroatoms. The van der Waals surface area contributed by atoms with Crippen molar-refractivity contribution in [2.75, 3.05) is 4.90 Å². The van der Waals surface area contributed by atoms with Gasteiger partial charge in [-0.1, -0.05) is 78.3 Å². The third kappa shape index (κ3) is 4.02. The van der Waals surface area contributed by atoms with E-state index in [4.69, 9.17) is 11.6 Å². The second kappa shape index (κ2) is 9.68. The number of benzene rings is 4. The number of hydrogen-bond acceptors (Lipinski definition) is 5. The summed E-state index contributed by atoms with van der Waals surface area (Å²) in [5.74, 6) is -3.03. The number of nitrogens with zero attached hydrogens (tertiary/aromatic N) is 2. The fourth-order valence-electron chi connectivity index (χ4n) is 6.31. The number of Topliss-reactive ketones (excluding diaryl/α,β-unsaturated/α-hetero) is 2. The smallest absolute Gasteiger partial charge is 0.240 e. The van der Waals surface area contributed by atoms with E-state index in [0.717, 1.165) is 10.8 Å². The third-order valence-electron chi connectivity index (χ3n) is 8.23. The number of hydrogen-bond donors (Lipinski definition) is 0. The first-order valence-corrected chi connectivity index (χ1v) is 13.7. The number of ketones is 2. The van der Waals surface area contributed by atoms with Crippen LogP contribution in [0, 0.1) is 11.8 Å². The zero-order valence-corrected chi connectivity index (χ0v) is 22.4. The molecule has 6 nitrogen and oxygen atoms in total. The number of imide groups is 1. The average molecular weight is 559 g/mol. The lowest BCUT2D eigenvalue weighted by molar-refractivity contribution is -0.123. The summed E-state index contributed by atoms with van der Waals surface area (Å²) in [4.78, 5) is 58.5. The lowest BCUT2D eigenvalue weighted by Gasteiger charge is -2.32. The van der Waals surface area contributed by atoms with Crippen LogP contribution in [0.15, 0.2) is 121 Å². The molecule has 0 radical (unpaired) electrons. The molecule has 4 aromatic rings. The Kier molecular flexibility index (Phi) is 5.94. The van der Waals surface area contributed by atoms with E-state index in [2.05, 4.69) is 0 Å². The Bertz CT molecular complexity index is 1810. The van der Waals surface area contributed by atoms with Gasteiger partial charge in [0.1, 0.15) is 6.04 Å². The van der Waals surface area contributed by atoms with Crippen molar-refractivity contribution >= 4 is 51.4 Å². The summed E-state index contributed by atoms with van der Waals surface area (Å²) in [6, 6.07) is 27.0. The maximum atomic E-state index is 14.1. The zero-order chi connectivity index (χ0) is 28.2. The maximum absolute atomic E-state index is 14.1. The predicted molar refractivity (Wildman–Crippen MR) is 157 cm³/mol. The van der Waals surface area contributed by atoms with Crippen LogP contribution in [0.1, 0.15) is 20.7 Å². The van der Waals surface area contributed by atoms with Gasteiger partial charge in [0, 0.05) is 27.9 Å². The van der Waals surface area contributed by atoms with E-state index in [1.165, 1.54) is 4.90 Å². The Morgan fingerprint density at radius 1 is 0.707 bits per heavy atom. The number of anilines is 1. The van der Waals surface area contributed by atoms with Crippen molar-refractivity contribution in [2.45, 2.75) is 12.1 Å². The standard InChI is InChI=1S/C34H23ClN2O4/c35-25-13-10-22(11-14-25)32(39)30-29-28(27-19-24(16-17-36(27)30)31(38)21-7-2-1-3-8-21)33(40)37(34(29)41)26-15-12-20-6-4-5-9-23(20)18-26/h1-19,27-30H/t27-,28-,29+,30-/m1/s1. The third-order valence-corrected chi connectivity index (χ3v) is 8.49. The number of carbonyl (C=O) groups excluding carboxylic acids is 4. The van der Waals surface area contributed by atoms with Gasteiger partial charge in [-0.2, -0.15) is 0 Å². The lowest BCUT2D eigenvalue weighted by Crippen LogP contribution is -2.46. The van der Waals surface area contributed by atoms with Gasteiger partial charge in [0.05, 0.1) is 23.6 Å². The summed E-state index contributed by atoms with van der Waals surface area (Å²) >= 11 is 6.06. The minimum Gasteiger partial charge on any atom is -0.359 e. The summed E-state index contributed by atoms with van der Waals surface area (Å²) in [5, 5.41) is 2.37. The lowest BCUT2D eigenvalue weighted by atomic mass is 9.85. The van der Waals surface area contributed by atoms with Crippen molar-refractivity contribution in [2.24, 2.45) is 11.8 Å². The Balaban J connectivity index is 1.32. The molecule has 2 saturated heterocycles. The molecular weight excluding hydrogens is 536 g/mol. The van der Waals surface area contributed by atoms with Crippen LogP contribution in [0.2, 0.25) is 5.02 Å². The molecule has 3 heterocycles. The molecule has 3 aliphatic heterocycles. The summed E-state index contributed by atoms with van der Waals surface area (Å²) in [7, 11) is 0. The highest BCUT2D eigenvalue weighted by atomic mass is 35.5. The molecule has 7 rings (SSSR count). The molecule has 3 aliphatic rings. The van der Waals surface area contributed by atoms with Crippen LogP contribution in [0.25, 0.3) is 10.8 Å². The SMILES string of the molecule is O=C(C1=C[C@@H]2[C@H]3C(=O)N(c4ccc5ccccc5c4)C(=O)[C@@H]3[C@H](C(=O)c3ccc(Cl)cc3)N2C=C1)c1ccccc1. The van der Waals surface area contributed by atoms with E-state index in [1.807, 2.05) is 42.5 Å². The van der Waals surface area contributed by atoms with Crippen molar-refractivity contribution in [3.8, 4) is 0 Å². The molecule has 0 N–H and O–H groups in total. The van der Waals surface area contributed by atoms with Crippen molar-refractivity contribution in [3.05, 3.63) is 137 Å². The molecule has 0 aliphatic carbocycles. The normalized spacial score (nSPS) is 23.0. The van der Waals surface area contributed by atoms with E-state index in [-0.39, 0.29) is 17.5 Å². The van der Waals surface area contributed by atoms with E-state index in [0.29, 0.717) is 27.4 Å². The van der Waals surface area contributed by atoms with Crippen LogP contribution in [-0.4, -0.2) is 40.4 Å². The van der Waals surface area contributed by atoms with Gasteiger partial charge in [-0.25, -0.2) is 4.90 Å². The zero-order valence-electron chi connectivity index (χ0n) is 21.7. The highest BCUT2D eigenvalue weighted by molar-refractivity contribution is 6.30. The van der Waals surface area contributed by atoms with Gasteiger partial charge in [-0.3, -0.25) is 19.2 Å². The van der Waals surface area contributed by atoms with Crippen molar-refractivity contribution in [1.82, 2.24) is 4.90 Å².